The van der Waals surface area contributed by atoms with Crippen LogP contribution in [-0.4, -0.2) is 23.0 Å². The van der Waals surface area contributed by atoms with E-state index in [1.54, 1.807) is 0 Å². The Kier molecular flexibility index (Phi) is 5.09. The van der Waals surface area contributed by atoms with Crippen molar-refractivity contribution in [1.29, 1.82) is 5.26 Å². The van der Waals surface area contributed by atoms with Gasteiger partial charge in [0.2, 0.25) is 0 Å². The second kappa shape index (κ2) is 6.81. The predicted octanol–water partition coefficient (Wildman–Crippen LogP) is 3.39. The average molecular weight is 275 g/mol. The lowest BCUT2D eigenvalue weighted by molar-refractivity contribution is 0.666. The summed E-state index contributed by atoms with van der Waals surface area (Å²) in [5, 5.41) is 12.7. The van der Waals surface area contributed by atoms with Gasteiger partial charge in [-0.25, -0.2) is 4.98 Å². The normalized spacial score (nSPS) is 15.4. The Morgan fingerprint density at radius 2 is 2.26 bits per heavy atom. The minimum atomic E-state index is 0.385. The van der Waals surface area contributed by atoms with Crippen LogP contribution in [0.15, 0.2) is 6.07 Å². The Balaban J connectivity index is 2.26. The number of nitrogens with one attached hydrogen (secondary N) is 1. The molecule has 1 unspecified atom stereocenters. The van der Waals surface area contributed by atoms with Gasteiger partial charge in [-0.05, 0) is 50.0 Å². The number of nitrogens with zero attached hydrogens (tertiary/aromatic N) is 2. The molecular formula is C15H21N3S. The van der Waals surface area contributed by atoms with Crippen LogP contribution in [0, 0.1) is 11.3 Å². The van der Waals surface area contributed by atoms with Gasteiger partial charge in [0.15, 0.2) is 0 Å². The first-order valence-electron chi connectivity index (χ1n) is 6.96. The van der Waals surface area contributed by atoms with E-state index in [4.69, 9.17) is 4.98 Å². The van der Waals surface area contributed by atoms with Gasteiger partial charge < -0.3 is 5.32 Å². The second-order valence-corrected chi connectivity index (χ2v) is 5.92. The number of fused-ring (bicyclic) bond motifs is 1. The summed E-state index contributed by atoms with van der Waals surface area (Å²) >= 11 is 1.82. The lowest BCUT2D eigenvalue weighted by Gasteiger charge is -2.21. The zero-order valence-corrected chi connectivity index (χ0v) is 12.5. The fraction of sp³-hybridized carbons (Fsp3) is 0.600. The molecule has 0 fully saturated rings. The van der Waals surface area contributed by atoms with E-state index >= 15 is 0 Å². The first kappa shape index (κ1) is 14.2. The number of pyridine rings is 1. The van der Waals surface area contributed by atoms with E-state index in [0.29, 0.717) is 11.6 Å². The highest BCUT2D eigenvalue weighted by molar-refractivity contribution is 7.98. The van der Waals surface area contributed by atoms with Crippen molar-refractivity contribution in [1.82, 2.24) is 4.98 Å². The van der Waals surface area contributed by atoms with Gasteiger partial charge >= 0.3 is 0 Å². The van der Waals surface area contributed by atoms with Crippen LogP contribution in [0.5, 0.6) is 0 Å². The Morgan fingerprint density at radius 1 is 1.47 bits per heavy atom. The van der Waals surface area contributed by atoms with E-state index in [9.17, 15) is 5.26 Å². The van der Waals surface area contributed by atoms with Crippen LogP contribution in [0.25, 0.3) is 0 Å². The third kappa shape index (κ3) is 3.42. The summed E-state index contributed by atoms with van der Waals surface area (Å²) in [5.41, 5.74) is 3.15. The van der Waals surface area contributed by atoms with Crippen molar-refractivity contribution < 1.29 is 0 Å². The van der Waals surface area contributed by atoms with E-state index in [0.717, 1.165) is 30.8 Å². The molecule has 2 rings (SSSR count). The predicted molar refractivity (Wildman–Crippen MR) is 81.7 cm³/mol. The van der Waals surface area contributed by atoms with Gasteiger partial charge in [0.1, 0.15) is 11.9 Å². The van der Waals surface area contributed by atoms with Crippen molar-refractivity contribution in [3.8, 4) is 6.07 Å². The number of aryl methyl sites for hydroxylation is 2. The van der Waals surface area contributed by atoms with Gasteiger partial charge in [-0.2, -0.15) is 17.0 Å². The van der Waals surface area contributed by atoms with Crippen molar-refractivity contribution in [3.05, 3.63) is 22.9 Å². The summed E-state index contributed by atoms with van der Waals surface area (Å²) < 4.78 is 0. The fourth-order valence-electron chi connectivity index (χ4n) is 2.49. The summed E-state index contributed by atoms with van der Waals surface area (Å²) in [6, 6.07) is 4.71. The molecule has 4 heteroatoms. The summed E-state index contributed by atoms with van der Waals surface area (Å²) in [4.78, 5) is 4.71. The molecule has 1 aliphatic carbocycles. The first-order chi connectivity index (χ1) is 9.28. The zero-order chi connectivity index (χ0) is 13.7. The Bertz CT molecular complexity index is 479. The van der Waals surface area contributed by atoms with Crippen molar-refractivity contribution in [2.45, 2.75) is 45.1 Å². The maximum absolute atomic E-state index is 9.30. The molecule has 0 saturated carbocycles. The van der Waals surface area contributed by atoms with Crippen LogP contribution in [0.4, 0.5) is 5.82 Å². The molecule has 0 amide bonds. The van der Waals surface area contributed by atoms with E-state index < -0.39 is 0 Å². The number of nitriles is 1. The number of hydrogen-bond donors (Lipinski definition) is 1. The van der Waals surface area contributed by atoms with Gasteiger partial charge in [-0.1, -0.05) is 6.92 Å². The van der Waals surface area contributed by atoms with Gasteiger partial charge in [0.05, 0.1) is 5.56 Å². The van der Waals surface area contributed by atoms with Gasteiger partial charge in [0.25, 0.3) is 0 Å². The van der Waals surface area contributed by atoms with Crippen LogP contribution in [0.3, 0.4) is 0 Å². The lowest BCUT2D eigenvalue weighted by Crippen LogP contribution is -2.23. The summed E-state index contributed by atoms with van der Waals surface area (Å²) in [6.07, 6.45) is 7.71. The van der Waals surface area contributed by atoms with Crippen molar-refractivity contribution in [3.63, 3.8) is 0 Å². The van der Waals surface area contributed by atoms with Gasteiger partial charge in [-0.15, -0.1) is 0 Å². The van der Waals surface area contributed by atoms with Gasteiger partial charge in [0, 0.05) is 17.5 Å². The molecule has 0 aromatic carbocycles. The number of rotatable bonds is 5. The maximum Gasteiger partial charge on any atom is 0.144 e. The van der Waals surface area contributed by atoms with Crippen molar-refractivity contribution in [2.75, 3.05) is 17.3 Å². The monoisotopic (exact) mass is 275 g/mol. The summed E-state index contributed by atoms with van der Waals surface area (Å²) in [7, 11) is 0. The largest absolute Gasteiger partial charge is 0.365 e. The SMILES string of the molecule is CCC(CSC)Nc1nc2c(cc1C#N)CCCC2. The second-order valence-electron chi connectivity index (χ2n) is 5.01. The molecule has 0 radical (unpaired) electrons. The molecule has 0 bridgehead atoms. The number of aromatic nitrogens is 1. The molecule has 1 N–H and O–H groups in total. The van der Waals surface area contributed by atoms with E-state index in [1.807, 2.05) is 17.8 Å². The lowest BCUT2D eigenvalue weighted by atomic mass is 9.95. The third-order valence-corrected chi connectivity index (χ3v) is 4.36. The standard InChI is InChI=1S/C15H21N3S/c1-3-13(10-19-2)17-15-12(9-16)8-11-6-4-5-7-14(11)18-15/h8,13H,3-7,10H2,1-2H3,(H,17,18). The zero-order valence-electron chi connectivity index (χ0n) is 11.7. The fourth-order valence-corrected chi connectivity index (χ4v) is 3.21. The van der Waals surface area contributed by atoms with Crippen LogP contribution < -0.4 is 5.32 Å². The van der Waals surface area contributed by atoms with Gasteiger partial charge in [-0.3, -0.25) is 0 Å². The molecule has 1 atom stereocenters. The van der Waals surface area contributed by atoms with Crippen molar-refractivity contribution >= 4 is 17.6 Å². The molecule has 102 valence electrons. The molecule has 1 aromatic heterocycles. The highest BCUT2D eigenvalue weighted by Crippen LogP contribution is 2.25. The maximum atomic E-state index is 9.30. The quantitative estimate of drug-likeness (QED) is 0.895. The summed E-state index contributed by atoms with van der Waals surface area (Å²) in [5.74, 6) is 1.82. The molecule has 19 heavy (non-hydrogen) atoms. The molecule has 0 spiro atoms. The van der Waals surface area contributed by atoms with Crippen LogP contribution in [0.1, 0.15) is 43.0 Å². The van der Waals surface area contributed by atoms with E-state index in [1.165, 1.54) is 24.1 Å². The highest BCUT2D eigenvalue weighted by atomic mass is 32.2. The first-order valence-corrected chi connectivity index (χ1v) is 8.36. The van der Waals surface area contributed by atoms with Crippen LogP contribution in [-0.2, 0) is 12.8 Å². The molecular weight excluding hydrogens is 254 g/mol. The summed E-state index contributed by atoms with van der Waals surface area (Å²) in [6.45, 7) is 2.17. The van der Waals surface area contributed by atoms with Crippen LogP contribution >= 0.6 is 11.8 Å². The highest BCUT2D eigenvalue weighted by Gasteiger charge is 2.16. The average Bonchev–Trinajstić information content (AvgIpc) is 2.46. The molecule has 1 heterocycles. The number of anilines is 1. The molecule has 1 aliphatic rings. The Morgan fingerprint density at radius 3 is 2.95 bits per heavy atom. The molecule has 3 nitrogen and oxygen atoms in total. The third-order valence-electron chi connectivity index (χ3n) is 3.62. The number of thioether (sulfide) groups is 1. The van der Waals surface area contributed by atoms with E-state index in [-0.39, 0.29) is 0 Å². The molecule has 0 saturated heterocycles. The van der Waals surface area contributed by atoms with Crippen LogP contribution in [0.2, 0.25) is 0 Å². The smallest absolute Gasteiger partial charge is 0.144 e. The Labute approximate surface area is 119 Å². The van der Waals surface area contributed by atoms with E-state index in [2.05, 4.69) is 24.6 Å². The Hall–Kier alpha value is -1.21. The topological polar surface area (TPSA) is 48.7 Å². The minimum Gasteiger partial charge on any atom is -0.365 e. The molecule has 0 aliphatic heterocycles. The minimum absolute atomic E-state index is 0.385. The number of hydrogen-bond acceptors (Lipinski definition) is 4. The van der Waals surface area contributed by atoms with Crippen molar-refractivity contribution in [2.24, 2.45) is 0 Å². The molecule has 1 aromatic rings.